The van der Waals surface area contributed by atoms with Gasteiger partial charge in [-0.3, -0.25) is 0 Å². The van der Waals surface area contributed by atoms with E-state index >= 15 is 0 Å². The molecule has 10 heteroatoms. The maximum Gasteiger partial charge on any atom is 0.416 e. The third-order valence-electron chi connectivity index (χ3n) is 6.72. The number of rotatable bonds is 7. The lowest BCUT2D eigenvalue weighted by Gasteiger charge is -2.43. The SMILES string of the molecule is Cc1nc(N[C@H](C)c2cc(N)cc(C(F)(F)F)c2)c2cc(C3(O)CC(OCc4ccccc4)C3)cn2n1. The summed E-state index contributed by atoms with van der Waals surface area (Å²) in [4.78, 5) is 4.47. The van der Waals surface area contributed by atoms with Gasteiger partial charge in [0.25, 0.3) is 0 Å². The van der Waals surface area contributed by atoms with Crippen LogP contribution in [0.1, 0.15) is 53.9 Å². The number of nitrogens with zero attached hydrogens (tertiary/aromatic N) is 3. The molecule has 5 rings (SSSR count). The van der Waals surface area contributed by atoms with Gasteiger partial charge in [0.15, 0.2) is 5.82 Å². The molecule has 0 unspecified atom stereocenters. The van der Waals surface area contributed by atoms with Crippen LogP contribution in [0.4, 0.5) is 24.7 Å². The quantitative estimate of drug-likeness (QED) is 0.288. The Kier molecular flexibility index (Phi) is 6.33. The minimum absolute atomic E-state index is 0.0312. The van der Waals surface area contributed by atoms with Crippen molar-refractivity contribution in [2.75, 3.05) is 11.1 Å². The van der Waals surface area contributed by atoms with Gasteiger partial charge < -0.3 is 20.9 Å². The van der Waals surface area contributed by atoms with Crippen LogP contribution in [0.5, 0.6) is 0 Å². The number of hydrogen-bond acceptors (Lipinski definition) is 6. The molecule has 0 saturated heterocycles. The molecule has 1 aliphatic rings. The van der Waals surface area contributed by atoms with Crippen molar-refractivity contribution in [1.82, 2.24) is 14.6 Å². The molecule has 37 heavy (non-hydrogen) atoms. The summed E-state index contributed by atoms with van der Waals surface area (Å²) in [5.74, 6) is 0.916. The molecule has 194 valence electrons. The van der Waals surface area contributed by atoms with Crippen LogP contribution in [0.2, 0.25) is 0 Å². The number of aryl methyl sites for hydroxylation is 1. The first-order valence-corrected chi connectivity index (χ1v) is 12.0. The lowest BCUT2D eigenvalue weighted by Crippen LogP contribution is -2.45. The van der Waals surface area contributed by atoms with Crippen molar-refractivity contribution in [3.05, 3.63) is 88.9 Å². The summed E-state index contributed by atoms with van der Waals surface area (Å²) in [5, 5.41) is 18.8. The Labute approximate surface area is 212 Å². The van der Waals surface area contributed by atoms with Gasteiger partial charge in [-0.05, 0) is 49.2 Å². The molecule has 0 spiro atoms. The summed E-state index contributed by atoms with van der Waals surface area (Å²) in [7, 11) is 0. The van der Waals surface area contributed by atoms with E-state index < -0.39 is 23.4 Å². The number of fused-ring (bicyclic) bond motifs is 1. The fourth-order valence-corrected chi connectivity index (χ4v) is 4.68. The number of anilines is 2. The Morgan fingerprint density at radius 2 is 1.92 bits per heavy atom. The fourth-order valence-electron chi connectivity index (χ4n) is 4.68. The molecule has 2 heterocycles. The minimum atomic E-state index is -4.50. The first kappa shape index (κ1) is 25.0. The Morgan fingerprint density at radius 1 is 1.19 bits per heavy atom. The van der Waals surface area contributed by atoms with Crippen LogP contribution in [-0.2, 0) is 23.1 Å². The summed E-state index contributed by atoms with van der Waals surface area (Å²) >= 11 is 0. The summed E-state index contributed by atoms with van der Waals surface area (Å²) in [6.45, 7) is 3.94. The number of benzene rings is 2. The number of nitrogen functional groups attached to an aromatic ring is 1. The van der Waals surface area contributed by atoms with Crippen LogP contribution in [0.15, 0.2) is 60.8 Å². The number of nitrogens with one attached hydrogen (secondary N) is 1. The molecule has 2 aromatic carbocycles. The summed E-state index contributed by atoms with van der Waals surface area (Å²) < 4.78 is 47.4. The Hall–Kier alpha value is -3.63. The number of hydrogen-bond donors (Lipinski definition) is 3. The van der Waals surface area contributed by atoms with Crippen LogP contribution in [0.3, 0.4) is 0 Å². The zero-order valence-corrected chi connectivity index (χ0v) is 20.5. The highest BCUT2D eigenvalue weighted by molar-refractivity contribution is 5.70. The van der Waals surface area contributed by atoms with Crippen LogP contribution in [0, 0.1) is 6.92 Å². The summed E-state index contributed by atoms with van der Waals surface area (Å²) in [5.41, 5.74) is 6.66. The Balaban J connectivity index is 1.34. The largest absolute Gasteiger partial charge is 0.416 e. The van der Waals surface area contributed by atoms with E-state index in [4.69, 9.17) is 10.5 Å². The lowest BCUT2D eigenvalue weighted by atomic mass is 9.73. The van der Waals surface area contributed by atoms with E-state index in [0.717, 1.165) is 17.7 Å². The average Bonchev–Trinajstić information content (AvgIpc) is 3.25. The number of nitrogens with two attached hydrogens (primary N) is 1. The maximum atomic E-state index is 13.3. The number of alkyl halides is 3. The van der Waals surface area contributed by atoms with E-state index in [2.05, 4.69) is 15.4 Å². The highest BCUT2D eigenvalue weighted by atomic mass is 19.4. The van der Waals surface area contributed by atoms with Gasteiger partial charge in [0.05, 0.1) is 29.9 Å². The molecule has 1 aliphatic carbocycles. The van der Waals surface area contributed by atoms with E-state index in [1.54, 1.807) is 24.6 Å². The van der Waals surface area contributed by atoms with Crippen molar-refractivity contribution in [1.29, 1.82) is 0 Å². The predicted molar refractivity (Wildman–Crippen MR) is 134 cm³/mol. The first-order valence-electron chi connectivity index (χ1n) is 12.0. The summed E-state index contributed by atoms with van der Waals surface area (Å²) in [6.07, 6.45) is -1.90. The van der Waals surface area contributed by atoms with E-state index in [1.807, 2.05) is 36.4 Å². The molecule has 1 atom stereocenters. The molecule has 0 aliphatic heterocycles. The third-order valence-corrected chi connectivity index (χ3v) is 6.72. The topological polar surface area (TPSA) is 97.7 Å². The van der Waals surface area contributed by atoms with Crippen molar-refractivity contribution >= 4 is 17.0 Å². The van der Waals surface area contributed by atoms with Crippen molar-refractivity contribution < 1.29 is 23.0 Å². The van der Waals surface area contributed by atoms with Gasteiger partial charge >= 0.3 is 6.18 Å². The molecule has 0 bridgehead atoms. The minimum Gasteiger partial charge on any atom is -0.399 e. The monoisotopic (exact) mass is 511 g/mol. The number of ether oxygens (including phenoxy) is 1. The van der Waals surface area contributed by atoms with Gasteiger partial charge in [0, 0.05) is 30.3 Å². The normalized spacial score (nSPS) is 20.5. The standard InChI is InChI=1S/C27H28F3N5O2/c1-16(19-8-20(27(28,29)30)10-22(31)9-19)32-25-24-11-21(14-35(24)34-17(2)33-25)26(36)12-23(13-26)37-15-18-6-4-3-5-7-18/h3-11,14,16,23,36H,12-13,15,31H2,1-2H3,(H,32,33,34)/t16-,23?,26?/m1/s1. The van der Waals surface area contributed by atoms with Gasteiger partial charge in [0.2, 0.25) is 0 Å². The lowest BCUT2D eigenvalue weighted by molar-refractivity contribution is -0.149. The number of aromatic nitrogens is 3. The van der Waals surface area contributed by atoms with Crippen LogP contribution in [-0.4, -0.2) is 25.8 Å². The van der Waals surface area contributed by atoms with E-state index in [0.29, 0.717) is 47.7 Å². The molecule has 1 fully saturated rings. The van der Waals surface area contributed by atoms with E-state index in [9.17, 15) is 18.3 Å². The smallest absolute Gasteiger partial charge is 0.399 e. The van der Waals surface area contributed by atoms with Crippen molar-refractivity contribution in [2.24, 2.45) is 0 Å². The number of halogens is 3. The molecule has 0 radical (unpaired) electrons. The third kappa shape index (κ3) is 5.26. The van der Waals surface area contributed by atoms with Gasteiger partial charge in [-0.15, -0.1) is 0 Å². The van der Waals surface area contributed by atoms with Gasteiger partial charge in [-0.2, -0.15) is 18.3 Å². The molecular formula is C27H28F3N5O2. The van der Waals surface area contributed by atoms with Gasteiger partial charge in [0.1, 0.15) is 11.3 Å². The van der Waals surface area contributed by atoms with Crippen LogP contribution >= 0.6 is 0 Å². The van der Waals surface area contributed by atoms with Crippen molar-refractivity contribution in [2.45, 2.75) is 57.2 Å². The average molecular weight is 512 g/mol. The molecule has 1 saturated carbocycles. The first-order chi connectivity index (χ1) is 17.5. The van der Waals surface area contributed by atoms with E-state index in [-0.39, 0.29) is 11.8 Å². The van der Waals surface area contributed by atoms with Gasteiger partial charge in [-0.1, -0.05) is 30.3 Å². The predicted octanol–water partition coefficient (Wildman–Crippen LogP) is 5.38. The second-order valence-electron chi connectivity index (χ2n) is 9.68. The van der Waals surface area contributed by atoms with Crippen LogP contribution < -0.4 is 11.1 Å². The van der Waals surface area contributed by atoms with Crippen molar-refractivity contribution in [3.63, 3.8) is 0 Å². The number of aliphatic hydroxyl groups is 1. The molecule has 4 aromatic rings. The second-order valence-corrected chi connectivity index (χ2v) is 9.68. The highest BCUT2D eigenvalue weighted by Gasteiger charge is 2.45. The molecule has 2 aromatic heterocycles. The molecule has 4 N–H and O–H groups in total. The fraction of sp³-hybridized carbons (Fsp3) is 0.333. The molecular weight excluding hydrogens is 483 g/mol. The zero-order valence-electron chi connectivity index (χ0n) is 20.5. The molecule has 7 nitrogen and oxygen atoms in total. The Bertz CT molecular complexity index is 1420. The summed E-state index contributed by atoms with van der Waals surface area (Å²) in [6, 6.07) is 14.6. The highest BCUT2D eigenvalue weighted by Crippen LogP contribution is 2.44. The maximum absolute atomic E-state index is 13.3. The Morgan fingerprint density at radius 3 is 2.62 bits per heavy atom. The van der Waals surface area contributed by atoms with Crippen LogP contribution in [0.25, 0.3) is 5.52 Å². The zero-order chi connectivity index (χ0) is 26.4. The second kappa shape index (κ2) is 9.35. The van der Waals surface area contributed by atoms with Gasteiger partial charge in [-0.25, -0.2) is 9.50 Å². The van der Waals surface area contributed by atoms with E-state index in [1.165, 1.54) is 6.07 Å². The molecule has 0 amide bonds. The van der Waals surface area contributed by atoms with Crippen molar-refractivity contribution in [3.8, 4) is 0 Å².